The molecule has 3 nitrogen and oxygen atoms in total. The van der Waals surface area contributed by atoms with Gasteiger partial charge in [-0.05, 0) is 0 Å². The van der Waals surface area contributed by atoms with Crippen molar-refractivity contribution >= 4 is 11.5 Å². The molecule has 0 unspecified atom stereocenters. The molecule has 0 saturated heterocycles. The van der Waals surface area contributed by atoms with E-state index in [1.165, 1.54) is 0 Å². The zero-order chi connectivity index (χ0) is 8.31. The van der Waals surface area contributed by atoms with Crippen molar-refractivity contribution in [3.8, 4) is 0 Å². The zero-order valence-electron chi connectivity index (χ0n) is 8.13. The lowest BCUT2D eigenvalue weighted by Crippen LogP contribution is -3.00. The highest BCUT2D eigenvalue weighted by Gasteiger charge is 2.29. The van der Waals surface area contributed by atoms with Gasteiger partial charge in [0.15, 0.2) is 0 Å². The molecule has 0 heterocycles. The maximum absolute atomic E-state index is 2.19. The fraction of sp³-hybridized carbons (Fsp3) is 1.00. The highest BCUT2D eigenvalue weighted by molar-refractivity contribution is 7.90. The van der Waals surface area contributed by atoms with Gasteiger partial charge in [0, 0.05) is 42.3 Å². The summed E-state index contributed by atoms with van der Waals surface area (Å²) in [6.07, 6.45) is 0. The third kappa shape index (κ3) is 5.24. The van der Waals surface area contributed by atoms with Crippen LogP contribution in [-0.4, -0.2) is 55.2 Å². The van der Waals surface area contributed by atoms with Crippen LogP contribution in [0.2, 0.25) is 0 Å². The molecule has 0 bridgehead atoms. The summed E-state index contributed by atoms with van der Waals surface area (Å²) >= 11 is 0.120. The molecule has 0 aliphatic rings. The fourth-order valence-corrected chi connectivity index (χ4v) is 2.94. The van der Waals surface area contributed by atoms with Crippen molar-refractivity contribution in [2.24, 2.45) is 0 Å². The summed E-state index contributed by atoms with van der Waals surface area (Å²) < 4.78 is 6.58. The van der Waals surface area contributed by atoms with Gasteiger partial charge < -0.3 is 24.0 Å². The highest BCUT2D eigenvalue weighted by Crippen LogP contribution is 2.05. The van der Waals surface area contributed by atoms with Crippen LogP contribution in [0.3, 0.4) is 0 Å². The third-order valence-corrected chi connectivity index (χ3v) is 2.94. The normalized spacial score (nSPS) is 11.5. The Morgan fingerprint density at radius 1 is 0.636 bits per heavy atom. The Bertz CT molecular complexity index is 78.8. The van der Waals surface area contributed by atoms with Gasteiger partial charge in [0.2, 0.25) is 0 Å². The van der Waals surface area contributed by atoms with Gasteiger partial charge in [-0.3, -0.25) is 0 Å². The smallest absolute Gasteiger partial charge is 0.266 e. The summed E-state index contributed by atoms with van der Waals surface area (Å²) in [4.78, 5) is 0. The molecular formula is C6H18IN3S. The van der Waals surface area contributed by atoms with Crippen LogP contribution < -0.4 is 24.0 Å². The van der Waals surface area contributed by atoms with Crippen molar-refractivity contribution in [1.29, 1.82) is 0 Å². The first kappa shape index (κ1) is 14.5. The predicted molar refractivity (Wildman–Crippen MR) is 48.4 cm³/mol. The van der Waals surface area contributed by atoms with Gasteiger partial charge in [0.25, 0.3) is 11.5 Å². The number of hydrogen-bond donors (Lipinski definition) is 0. The van der Waals surface area contributed by atoms with E-state index < -0.39 is 0 Å². The van der Waals surface area contributed by atoms with Crippen molar-refractivity contribution in [2.75, 3.05) is 42.3 Å². The van der Waals surface area contributed by atoms with E-state index >= 15 is 0 Å². The molecule has 0 spiro atoms. The molecule has 0 aliphatic carbocycles. The molecule has 11 heavy (non-hydrogen) atoms. The van der Waals surface area contributed by atoms with E-state index in [1.54, 1.807) is 0 Å². The van der Waals surface area contributed by atoms with E-state index in [-0.39, 0.29) is 35.4 Å². The molecule has 0 fully saturated rings. The molecule has 5 heteroatoms. The van der Waals surface area contributed by atoms with Crippen molar-refractivity contribution in [1.82, 2.24) is 12.9 Å². The topological polar surface area (TPSA) is 9.72 Å². The largest absolute Gasteiger partial charge is 1.00 e. The van der Waals surface area contributed by atoms with Crippen LogP contribution in [0.15, 0.2) is 0 Å². The molecule has 0 amide bonds. The van der Waals surface area contributed by atoms with E-state index in [4.69, 9.17) is 0 Å². The first-order valence-corrected chi connectivity index (χ1v) is 4.33. The maximum atomic E-state index is 2.19. The van der Waals surface area contributed by atoms with Crippen molar-refractivity contribution in [3.05, 3.63) is 0 Å². The van der Waals surface area contributed by atoms with Gasteiger partial charge >= 0.3 is 0 Å². The van der Waals surface area contributed by atoms with Crippen molar-refractivity contribution in [3.63, 3.8) is 0 Å². The SMILES string of the molecule is CN(C)[S+](N(C)C)N(C)C.[I-]. The van der Waals surface area contributed by atoms with E-state index in [0.29, 0.717) is 0 Å². The van der Waals surface area contributed by atoms with Crippen LogP contribution in [-0.2, 0) is 11.5 Å². The number of nitrogens with zero attached hydrogens (tertiary/aromatic N) is 3. The predicted octanol–water partition coefficient (Wildman–Crippen LogP) is -2.96. The van der Waals surface area contributed by atoms with Crippen molar-refractivity contribution < 1.29 is 24.0 Å². The van der Waals surface area contributed by atoms with Crippen LogP contribution in [0, 0.1) is 0 Å². The summed E-state index contributed by atoms with van der Waals surface area (Å²) in [7, 11) is 12.5. The molecule has 0 aliphatic heterocycles. The quantitative estimate of drug-likeness (QED) is 0.406. The minimum Gasteiger partial charge on any atom is -1.00 e. The van der Waals surface area contributed by atoms with Gasteiger partial charge in [-0.15, -0.1) is 0 Å². The van der Waals surface area contributed by atoms with Crippen LogP contribution in [0.25, 0.3) is 0 Å². The summed E-state index contributed by atoms with van der Waals surface area (Å²) in [5.41, 5.74) is 0. The summed E-state index contributed by atoms with van der Waals surface area (Å²) in [5.74, 6) is 0. The Hall–Kier alpha value is 0.960. The van der Waals surface area contributed by atoms with Crippen LogP contribution in [0.1, 0.15) is 0 Å². The molecular weight excluding hydrogens is 273 g/mol. The molecule has 0 rings (SSSR count). The minimum absolute atomic E-state index is 0. The Balaban J connectivity index is 0. The summed E-state index contributed by atoms with van der Waals surface area (Å²) in [6, 6.07) is 0. The lowest BCUT2D eigenvalue weighted by molar-refractivity contribution is -0.00000239. The molecule has 0 N–H and O–H groups in total. The average molecular weight is 291 g/mol. The second-order valence-corrected chi connectivity index (χ2v) is 5.36. The molecule has 70 valence electrons. The van der Waals surface area contributed by atoms with E-state index in [0.717, 1.165) is 0 Å². The van der Waals surface area contributed by atoms with E-state index in [2.05, 4.69) is 55.2 Å². The van der Waals surface area contributed by atoms with Crippen LogP contribution in [0.5, 0.6) is 0 Å². The van der Waals surface area contributed by atoms with E-state index in [9.17, 15) is 0 Å². The standard InChI is InChI=1S/C6H18N3S.HI/c1-7(2)10(8(3)4)9(5)6;/h1-6H3;1H/q+1;/p-1. The highest BCUT2D eigenvalue weighted by atomic mass is 127. The Labute approximate surface area is 90.5 Å². The molecule has 0 aromatic carbocycles. The number of rotatable bonds is 3. The summed E-state index contributed by atoms with van der Waals surface area (Å²) in [6.45, 7) is 0. The van der Waals surface area contributed by atoms with Crippen molar-refractivity contribution in [2.45, 2.75) is 0 Å². The summed E-state index contributed by atoms with van der Waals surface area (Å²) in [5, 5.41) is 0. The lowest BCUT2D eigenvalue weighted by atomic mass is 11.2. The molecule has 0 aromatic rings. The van der Waals surface area contributed by atoms with Gasteiger partial charge in [-0.2, -0.15) is 0 Å². The average Bonchev–Trinajstić information content (AvgIpc) is 1.59. The van der Waals surface area contributed by atoms with Crippen LogP contribution in [0.4, 0.5) is 0 Å². The maximum Gasteiger partial charge on any atom is 0.266 e. The van der Waals surface area contributed by atoms with E-state index in [1.807, 2.05) is 0 Å². The molecule has 0 radical (unpaired) electrons. The Morgan fingerprint density at radius 3 is 0.818 bits per heavy atom. The van der Waals surface area contributed by atoms with Gasteiger partial charge in [0.05, 0.1) is 0 Å². The number of hydrogen-bond acceptors (Lipinski definition) is 3. The fourth-order valence-electron chi connectivity index (χ4n) is 0.980. The lowest BCUT2D eigenvalue weighted by Gasteiger charge is -2.20. The van der Waals surface area contributed by atoms with Crippen LogP contribution >= 0.6 is 0 Å². The Morgan fingerprint density at radius 2 is 0.818 bits per heavy atom. The second kappa shape index (κ2) is 6.47. The minimum atomic E-state index is 0. The van der Waals surface area contributed by atoms with Gasteiger partial charge in [-0.1, -0.05) is 12.9 Å². The van der Waals surface area contributed by atoms with Gasteiger partial charge in [-0.25, -0.2) is 0 Å². The second-order valence-electron chi connectivity index (χ2n) is 2.68. The zero-order valence-corrected chi connectivity index (χ0v) is 11.1. The first-order chi connectivity index (χ1) is 4.46. The number of halogens is 1. The molecule has 0 atom stereocenters. The Kier molecular flexibility index (Phi) is 8.52. The first-order valence-electron chi connectivity index (χ1n) is 3.23. The van der Waals surface area contributed by atoms with Gasteiger partial charge in [0.1, 0.15) is 0 Å². The third-order valence-electron chi connectivity index (χ3n) is 0.980. The monoisotopic (exact) mass is 291 g/mol. The molecule has 0 saturated carbocycles. The molecule has 0 aromatic heterocycles.